The molecule has 1 fully saturated rings. The lowest BCUT2D eigenvalue weighted by Crippen LogP contribution is -2.50. The first-order valence-corrected chi connectivity index (χ1v) is 8.95. The first-order valence-electron chi connectivity index (χ1n) is 7.96. The van der Waals surface area contributed by atoms with Crippen molar-refractivity contribution in [2.45, 2.75) is 39.0 Å². The third-order valence-corrected chi connectivity index (χ3v) is 5.40. The summed E-state index contributed by atoms with van der Waals surface area (Å²) >= 11 is 2.02. The van der Waals surface area contributed by atoms with Gasteiger partial charge in [0, 0.05) is 48.0 Å². The van der Waals surface area contributed by atoms with Gasteiger partial charge in [-0.1, -0.05) is 0 Å². The normalized spacial score (nSPS) is 17.2. The molecule has 0 aliphatic carbocycles. The lowest BCUT2D eigenvalue weighted by atomic mass is 10.1. The molecule has 24 heavy (non-hydrogen) atoms. The lowest BCUT2D eigenvalue weighted by Gasteiger charge is -2.39. The van der Waals surface area contributed by atoms with Gasteiger partial charge in [0.25, 0.3) is 0 Å². The van der Waals surface area contributed by atoms with Crippen LogP contribution in [-0.4, -0.2) is 53.6 Å². The van der Waals surface area contributed by atoms with E-state index < -0.39 is 0 Å². The zero-order valence-corrected chi connectivity index (χ0v) is 18.6. The number of thioether (sulfide) groups is 1. The van der Waals surface area contributed by atoms with Crippen molar-refractivity contribution in [1.29, 1.82) is 0 Å². The fraction of sp³-hybridized carbons (Fsp3) is 0.647. The van der Waals surface area contributed by atoms with Crippen molar-refractivity contribution in [1.82, 2.24) is 15.2 Å². The maximum Gasteiger partial charge on any atom is 0.194 e. The van der Waals surface area contributed by atoms with E-state index >= 15 is 0 Å². The van der Waals surface area contributed by atoms with E-state index in [0.717, 1.165) is 47.4 Å². The zero-order valence-electron chi connectivity index (χ0n) is 15.5. The van der Waals surface area contributed by atoms with Crippen LogP contribution in [0.3, 0.4) is 0 Å². The Morgan fingerprint density at radius 3 is 2.75 bits per heavy atom. The van der Waals surface area contributed by atoms with Gasteiger partial charge < -0.3 is 15.0 Å². The molecular weight excluding hydrogens is 435 g/mol. The predicted octanol–water partition coefficient (Wildman–Crippen LogP) is 3.23. The number of halogens is 1. The quantitative estimate of drug-likeness (QED) is 0.423. The zero-order chi connectivity index (χ0) is 17.0. The third-order valence-electron chi connectivity index (χ3n) is 4.10. The highest BCUT2D eigenvalue weighted by atomic mass is 127. The number of aryl methyl sites for hydroxylation is 1. The topological polar surface area (TPSA) is 49.8 Å². The summed E-state index contributed by atoms with van der Waals surface area (Å²) in [7, 11) is 3.55. The van der Waals surface area contributed by atoms with E-state index in [-0.39, 0.29) is 28.7 Å². The summed E-state index contributed by atoms with van der Waals surface area (Å²) < 4.78 is 5.74. The summed E-state index contributed by atoms with van der Waals surface area (Å²) in [5, 5.41) is 3.45. The monoisotopic (exact) mass is 464 g/mol. The number of pyridine rings is 1. The summed E-state index contributed by atoms with van der Waals surface area (Å²) in [6.07, 6.45) is 1.87. The standard InChI is InChI=1S/C17H28N4OS.HI/c1-12-9-19-14(13(2)15(12)22-6)10-20-16(18-5)21-7-8-23-17(3,4)11-21;/h9H,7-8,10-11H2,1-6H3,(H,18,20);1H. The van der Waals surface area contributed by atoms with Crippen LogP contribution in [0.1, 0.15) is 30.7 Å². The Kier molecular flexibility index (Phi) is 8.11. The number of ether oxygens (including phenoxy) is 1. The molecule has 0 radical (unpaired) electrons. The average Bonchev–Trinajstić information content (AvgIpc) is 2.49. The molecule has 1 saturated heterocycles. The molecule has 0 atom stereocenters. The molecule has 0 saturated carbocycles. The highest BCUT2D eigenvalue weighted by Crippen LogP contribution is 2.29. The van der Waals surface area contributed by atoms with Crippen LogP contribution in [0.5, 0.6) is 5.75 Å². The van der Waals surface area contributed by atoms with Gasteiger partial charge in [-0.2, -0.15) is 11.8 Å². The third kappa shape index (κ3) is 5.15. The van der Waals surface area contributed by atoms with Gasteiger partial charge in [0.15, 0.2) is 5.96 Å². The van der Waals surface area contributed by atoms with Gasteiger partial charge in [-0.25, -0.2) is 0 Å². The average molecular weight is 464 g/mol. The molecule has 0 bridgehead atoms. The maximum absolute atomic E-state index is 5.48. The van der Waals surface area contributed by atoms with E-state index in [1.807, 2.05) is 31.9 Å². The van der Waals surface area contributed by atoms with Gasteiger partial charge in [0.2, 0.25) is 0 Å². The number of aliphatic imine (C=N–C) groups is 1. The number of guanidine groups is 1. The SMILES string of the molecule is CN=C(NCc1ncc(C)c(OC)c1C)N1CCSC(C)(C)C1.I. The number of aromatic nitrogens is 1. The molecule has 1 aliphatic heterocycles. The van der Waals surface area contributed by atoms with Crippen LogP contribution in [0.2, 0.25) is 0 Å². The summed E-state index contributed by atoms with van der Waals surface area (Å²) in [6.45, 7) is 11.3. The van der Waals surface area contributed by atoms with E-state index in [2.05, 4.69) is 41.0 Å². The van der Waals surface area contributed by atoms with Gasteiger partial charge in [0.05, 0.1) is 19.3 Å². The molecule has 2 heterocycles. The second kappa shape index (κ2) is 9.12. The Morgan fingerprint density at radius 2 is 2.17 bits per heavy atom. The molecule has 136 valence electrons. The molecule has 1 aromatic heterocycles. The fourth-order valence-corrected chi connectivity index (χ4v) is 4.05. The van der Waals surface area contributed by atoms with E-state index in [1.165, 1.54) is 0 Å². The maximum atomic E-state index is 5.48. The minimum atomic E-state index is 0. The molecule has 1 aliphatic rings. The van der Waals surface area contributed by atoms with E-state index in [0.29, 0.717) is 6.54 Å². The first-order chi connectivity index (χ1) is 10.9. The van der Waals surface area contributed by atoms with E-state index in [4.69, 9.17) is 4.74 Å². The number of nitrogens with one attached hydrogen (secondary N) is 1. The van der Waals surface area contributed by atoms with Crippen molar-refractivity contribution < 1.29 is 4.74 Å². The minimum Gasteiger partial charge on any atom is -0.496 e. The van der Waals surface area contributed by atoms with Crippen LogP contribution < -0.4 is 10.1 Å². The van der Waals surface area contributed by atoms with E-state index in [1.54, 1.807) is 7.11 Å². The molecule has 7 heteroatoms. The Hall–Kier alpha value is -0.700. The molecule has 0 aromatic carbocycles. The molecule has 1 aromatic rings. The van der Waals surface area contributed by atoms with Crippen molar-refractivity contribution in [3.63, 3.8) is 0 Å². The highest BCUT2D eigenvalue weighted by Gasteiger charge is 2.28. The summed E-state index contributed by atoms with van der Waals surface area (Å²) in [5.41, 5.74) is 3.15. The van der Waals surface area contributed by atoms with Gasteiger partial charge >= 0.3 is 0 Å². The largest absolute Gasteiger partial charge is 0.496 e. The molecule has 5 nitrogen and oxygen atoms in total. The lowest BCUT2D eigenvalue weighted by molar-refractivity contribution is 0.375. The Bertz CT molecular complexity index is 592. The fourth-order valence-electron chi connectivity index (χ4n) is 2.94. The van der Waals surface area contributed by atoms with Crippen LogP contribution in [0.4, 0.5) is 0 Å². The van der Waals surface area contributed by atoms with Gasteiger partial charge in [0.1, 0.15) is 5.75 Å². The second-order valence-electron chi connectivity index (χ2n) is 6.48. The molecule has 0 spiro atoms. The smallest absolute Gasteiger partial charge is 0.194 e. The Labute approximate surface area is 167 Å². The van der Waals surface area contributed by atoms with Crippen LogP contribution >= 0.6 is 35.7 Å². The van der Waals surface area contributed by atoms with Crippen molar-refractivity contribution in [3.8, 4) is 5.75 Å². The molecule has 2 rings (SSSR count). The van der Waals surface area contributed by atoms with E-state index in [9.17, 15) is 0 Å². The number of hydrogen-bond acceptors (Lipinski definition) is 4. The number of rotatable bonds is 3. The molecular formula is C17H29IN4OS. The van der Waals surface area contributed by atoms with Gasteiger partial charge in [-0.3, -0.25) is 9.98 Å². The second-order valence-corrected chi connectivity index (χ2v) is 8.28. The van der Waals surface area contributed by atoms with Crippen molar-refractivity contribution in [2.24, 2.45) is 4.99 Å². The predicted molar refractivity (Wildman–Crippen MR) is 114 cm³/mol. The Morgan fingerprint density at radius 1 is 1.46 bits per heavy atom. The highest BCUT2D eigenvalue weighted by molar-refractivity contribution is 14.0. The molecule has 1 N–H and O–H groups in total. The van der Waals surface area contributed by atoms with Gasteiger partial charge in [-0.05, 0) is 27.7 Å². The molecule has 0 unspecified atom stereocenters. The molecule has 0 amide bonds. The van der Waals surface area contributed by atoms with Crippen molar-refractivity contribution in [2.75, 3.05) is 33.0 Å². The van der Waals surface area contributed by atoms with Crippen molar-refractivity contribution in [3.05, 3.63) is 23.0 Å². The van der Waals surface area contributed by atoms with Crippen LogP contribution in [-0.2, 0) is 6.54 Å². The number of nitrogens with zero attached hydrogens (tertiary/aromatic N) is 3. The van der Waals surface area contributed by atoms with Crippen molar-refractivity contribution >= 4 is 41.7 Å². The Balaban J connectivity index is 0.00000288. The van der Waals surface area contributed by atoms with Crippen LogP contribution in [0, 0.1) is 13.8 Å². The summed E-state index contributed by atoms with van der Waals surface area (Å²) in [5.74, 6) is 2.99. The van der Waals surface area contributed by atoms with Crippen LogP contribution in [0.15, 0.2) is 11.2 Å². The van der Waals surface area contributed by atoms with Gasteiger partial charge in [-0.15, -0.1) is 24.0 Å². The summed E-state index contributed by atoms with van der Waals surface area (Å²) in [6, 6.07) is 0. The minimum absolute atomic E-state index is 0. The first kappa shape index (κ1) is 21.3. The summed E-state index contributed by atoms with van der Waals surface area (Å²) in [4.78, 5) is 11.3. The van der Waals surface area contributed by atoms with Crippen LogP contribution in [0.25, 0.3) is 0 Å². The number of hydrogen-bond donors (Lipinski definition) is 1. The number of methoxy groups -OCH3 is 1.